The van der Waals surface area contributed by atoms with Crippen molar-refractivity contribution in [2.75, 3.05) is 10.7 Å². The van der Waals surface area contributed by atoms with Gasteiger partial charge in [-0.3, -0.25) is 5.43 Å². The maximum absolute atomic E-state index is 5.87. The maximum atomic E-state index is 5.87. The third-order valence-corrected chi connectivity index (χ3v) is 3.43. The van der Waals surface area contributed by atoms with Gasteiger partial charge in [-0.2, -0.15) is 4.98 Å². The Hall–Kier alpha value is -1.37. The molecule has 19 heavy (non-hydrogen) atoms. The Morgan fingerprint density at radius 3 is 2.63 bits per heavy atom. The van der Waals surface area contributed by atoms with Crippen LogP contribution in [0, 0.1) is 0 Å². The highest BCUT2D eigenvalue weighted by Gasteiger charge is 2.10. The molecule has 1 unspecified atom stereocenters. The number of benzene rings is 1. The molecule has 0 fully saturated rings. The van der Waals surface area contributed by atoms with E-state index < -0.39 is 0 Å². The zero-order valence-electron chi connectivity index (χ0n) is 10.2. The molecule has 0 aliphatic rings. The van der Waals surface area contributed by atoms with Gasteiger partial charge in [0, 0.05) is 17.3 Å². The highest BCUT2D eigenvalue weighted by Crippen LogP contribution is 2.25. The van der Waals surface area contributed by atoms with E-state index in [1.807, 2.05) is 31.2 Å². The summed E-state index contributed by atoms with van der Waals surface area (Å²) in [6.07, 6.45) is 1.64. The summed E-state index contributed by atoms with van der Waals surface area (Å²) in [6.45, 7) is 2.04. The summed E-state index contributed by atoms with van der Waals surface area (Å²) in [4.78, 5) is 8.24. The molecule has 2 aromatic rings. The van der Waals surface area contributed by atoms with Crippen LogP contribution in [0.25, 0.3) is 0 Å². The number of hydrazine groups is 1. The first kappa shape index (κ1) is 14.0. The highest BCUT2D eigenvalue weighted by molar-refractivity contribution is 9.10. The molecule has 0 aliphatic carbocycles. The van der Waals surface area contributed by atoms with E-state index in [-0.39, 0.29) is 6.04 Å². The van der Waals surface area contributed by atoms with E-state index in [4.69, 9.17) is 17.4 Å². The fraction of sp³-hybridized carbons (Fsp3) is 0.167. The fourth-order valence-electron chi connectivity index (χ4n) is 1.58. The summed E-state index contributed by atoms with van der Waals surface area (Å²) < 4.78 is 0.771. The Bertz CT molecular complexity index is 561. The topological polar surface area (TPSA) is 75.9 Å². The Morgan fingerprint density at radius 1 is 1.32 bits per heavy atom. The molecule has 1 heterocycles. The van der Waals surface area contributed by atoms with Crippen LogP contribution in [-0.4, -0.2) is 9.97 Å². The van der Waals surface area contributed by atoms with E-state index in [0.29, 0.717) is 16.8 Å². The number of nitrogens with one attached hydrogen (secondary N) is 2. The van der Waals surface area contributed by atoms with Crippen LogP contribution >= 0.6 is 27.5 Å². The lowest BCUT2D eigenvalue weighted by molar-refractivity contribution is 0.870. The molecule has 0 radical (unpaired) electrons. The van der Waals surface area contributed by atoms with E-state index in [0.717, 1.165) is 10.0 Å². The van der Waals surface area contributed by atoms with Crippen molar-refractivity contribution >= 4 is 39.3 Å². The second-order valence-corrected chi connectivity index (χ2v) is 5.24. The smallest absolute Gasteiger partial charge is 0.239 e. The fourth-order valence-corrected chi connectivity index (χ4v) is 2.01. The second-order valence-electron chi connectivity index (χ2n) is 3.95. The Balaban J connectivity index is 2.18. The summed E-state index contributed by atoms with van der Waals surface area (Å²) in [5.41, 5.74) is 3.52. The molecule has 1 aromatic carbocycles. The molecule has 0 saturated carbocycles. The first-order chi connectivity index (χ1) is 9.10. The van der Waals surface area contributed by atoms with Gasteiger partial charge in [0.05, 0.1) is 4.47 Å². The Morgan fingerprint density at radius 2 is 2.00 bits per heavy atom. The van der Waals surface area contributed by atoms with Crippen LogP contribution in [0.1, 0.15) is 18.5 Å². The van der Waals surface area contributed by atoms with Crippen LogP contribution in [0.2, 0.25) is 5.02 Å². The van der Waals surface area contributed by atoms with E-state index in [2.05, 4.69) is 36.6 Å². The second kappa shape index (κ2) is 6.18. The molecule has 100 valence electrons. The Labute approximate surface area is 124 Å². The number of aromatic nitrogens is 2. The molecule has 5 nitrogen and oxygen atoms in total. The molecule has 0 spiro atoms. The van der Waals surface area contributed by atoms with Crippen molar-refractivity contribution in [3.8, 4) is 0 Å². The Kier molecular flexibility index (Phi) is 4.57. The van der Waals surface area contributed by atoms with Crippen LogP contribution < -0.4 is 16.6 Å². The van der Waals surface area contributed by atoms with Gasteiger partial charge in [0.1, 0.15) is 5.82 Å². The predicted octanol–water partition coefficient (Wildman–Crippen LogP) is 3.35. The average molecular weight is 343 g/mol. The summed E-state index contributed by atoms with van der Waals surface area (Å²) in [6, 6.07) is 7.73. The number of nitrogens with zero attached hydrogens (tertiary/aromatic N) is 2. The van der Waals surface area contributed by atoms with Crippen LogP contribution in [0.3, 0.4) is 0 Å². The number of nitrogen functional groups attached to an aromatic ring is 1. The van der Waals surface area contributed by atoms with E-state index >= 15 is 0 Å². The van der Waals surface area contributed by atoms with E-state index in [9.17, 15) is 0 Å². The minimum atomic E-state index is 0.0779. The van der Waals surface area contributed by atoms with Gasteiger partial charge in [-0.05, 0) is 40.5 Å². The summed E-state index contributed by atoms with van der Waals surface area (Å²) in [7, 11) is 0. The van der Waals surface area contributed by atoms with Crippen LogP contribution in [0.15, 0.2) is 34.9 Å². The molecule has 0 aliphatic heterocycles. The minimum absolute atomic E-state index is 0.0779. The average Bonchev–Trinajstić information content (AvgIpc) is 2.42. The summed E-state index contributed by atoms with van der Waals surface area (Å²) in [5.74, 6) is 6.32. The SMILES string of the molecule is CC(Nc1nc(NN)ncc1Br)c1ccc(Cl)cc1. The van der Waals surface area contributed by atoms with Crippen LogP contribution in [-0.2, 0) is 0 Å². The van der Waals surface area contributed by atoms with Gasteiger partial charge in [-0.15, -0.1) is 0 Å². The van der Waals surface area contributed by atoms with Gasteiger partial charge < -0.3 is 5.32 Å². The van der Waals surface area contributed by atoms with Crippen molar-refractivity contribution in [1.29, 1.82) is 0 Å². The number of rotatable bonds is 4. The number of anilines is 2. The van der Waals surface area contributed by atoms with Gasteiger partial charge in [0.2, 0.25) is 5.95 Å². The van der Waals surface area contributed by atoms with Gasteiger partial charge in [0.15, 0.2) is 0 Å². The summed E-state index contributed by atoms with van der Waals surface area (Å²) in [5, 5.41) is 4.00. The number of hydrogen-bond donors (Lipinski definition) is 3. The maximum Gasteiger partial charge on any atom is 0.239 e. The molecular formula is C12H13BrClN5. The monoisotopic (exact) mass is 341 g/mol. The van der Waals surface area contributed by atoms with Crippen LogP contribution in [0.4, 0.5) is 11.8 Å². The van der Waals surface area contributed by atoms with Crippen molar-refractivity contribution in [3.63, 3.8) is 0 Å². The summed E-state index contributed by atoms with van der Waals surface area (Å²) >= 11 is 9.27. The number of hydrogen-bond acceptors (Lipinski definition) is 5. The highest BCUT2D eigenvalue weighted by atomic mass is 79.9. The lowest BCUT2D eigenvalue weighted by Gasteiger charge is -2.16. The normalized spacial score (nSPS) is 12.0. The van der Waals surface area contributed by atoms with E-state index in [1.54, 1.807) is 6.20 Å². The molecule has 1 aromatic heterocycles. The third-order valence-electron chi connectivity index (χ3n) is 2.60. The quantitative estimate of drug-likeness (QED) is 0.587. The molecule has 0 amide bonds. The lowest BCUT2D eigenvalue weighted by atomic mass is 10.1. The standard InChI is InChI=1S/C12H13BrClN5/c1-7(8-2-4-9(14)5-3-8)17-11-10(13)6-16-12(18-11)19-15/h2-7H,15H2,1H3,(H2,16,17,18,19). The van der Waals surface area contributed by atoms with Crippen LogP contribution in [0.5, 0.6) is 0 Å². The molecule has 0 bridgehead atoms. The van der Waals surface area contributed by atoms with Gasteiger partial charge in [-0.25, -0.2) is 10.8 Å². The van der Waals surface area contributed by atoms with Crippen molar-refractivity contribution in [3.05, 3.63) is 45.5 Å². The van der Waals surface area contributed by atoms with Crippen molar-refractivity contribution in [1.82, 2.24) is 9.97 Å². The van der Waals surface area contributed by atoms with E-state index in [1.165, 1.54) is 0 Å². The molecule has 4 N–H and O–H groups in total. The van der Waals surface area contributed by atoms with Gasteiger partial charge >= 0.3 is 0 Å². The molecule has 2 rings (SSSR count). The molecule has 1 atom stereocenters. The van der Waals surface area contributed by atoms with Gasteiger partial charge in [-0.1, -0.05) is 23.7 Å². The molecule has 7 heteroatoms. The predicted molar refractivity (Wildman–Crippen MR) is 81.0 cm³/mol. The lowest BCUT2D eigenvalue weighted by Crippen LogP contribution is -2.13. The van der Waals surface area contributed by atoms with Gasteiger partial charge in [0.25, 0.3) is 0 Å². The zero-order valence-corrected chi connectivity index (χ0v) is 12.5. The minimum Gasteiger partial charge on any atom is -0.362 e. The van der Waals surface area contributed by atoms with Crippen molar-refractivity contribution < 1.29 is 0 Å². The zero-order chi connectivity index (χ0) is 13.8. The van der Waals surface area contributed by atoms with Crippen molar-refractivity contribution in [2.24, 2.45) is 5.84 Å². The first-order valence-corrected chi connectivity index (χ1v) is 6.78. The largest absolute Gasteiger partial charge is 0.362 e. The molecule has 0 saturated heterocycles. The number of halogens is 2. The number of nitrogens with two attached hydrogens (primary N) is 1. The molecular weight excluding hydrogens is 330 g/mol. The first-order valence-electron chi connectivity index (χ1n) is 5.61. The third kappa shape index (κ3) is 3.56. The van der Waals surface area contributed by atoms with Crippen molar-refractivity contribution in [2.45, 2.75) is 13.0 Å².